The van der Waals surface area contributed by atoms with Crippen molar-refractivity contribution in [2.45, 2.75) is 32.7 Å². The number of pyridine rings is 1. The van der Waals surface area contributed by atoms with E-state index >= 15 is 0 Å². The van der Waals surface area contributed by atoms with Crippen LogP contribution in [0.25, 0.3) is 5.76 Å². The molecule has 6 heteroatoms. The van der Waals surface area contributed by atoms with Crippen LogP contribution in [0.15, 0.2) is 48.3 Å². The van der Waals surface area contributed by atoms with Crippen LogP contribution in [0.5, 0.6) is 5.75 Å². The second-order valence-corrected chi connectivity index (χ2v) is 6.81. The van der Waals surface area contributed by atoms with Gasteiger partial charge in [0, 0.05) is 24.5 Å². The van der Waals surface area contributed by atoms with Gasteiger partial charge in [-0.25, -0.2) is 0 Å². The average molecular weight is 380 g/mol. The molecule has 0 radical (unpaired) electrons. The van der Waals surface area contributed by atoms with Crippen molar-refractivity contribution >= 4 is 17.4 Å². The first-order chi connectivity index (χ1) is 13.5. The second-order valence-electron chi connectivity index (χ2n) is 6.81. The van der Waals surface area contributed by atoms with Crippen LogP contribution in [-0.2, 0) is 9.59 Å². The summed E-state index contributed by atoms with van der Waals surface area (Å²) in [5.74, 6) is -0.735. The number of aliphatic hydroxyl groups is 1. The molecule has 0 spiro atoms. The third-order valence-electron chi connectivity index (χ3n) is 4.98. The van der Waals surface area contributed by atoms with Crippen LogP contribution in [0.1, 0.15) is 42.5 Å². The number of Topliss-reactive ketones (excluding diaryl/α,β-unsaturated/α-hetero) is 1. The fraction of sp³-hybridized carbons (Fsp3) is 0.318. The van der Waals surface area contributed by atoms with Crippen molar-refractivity contribution in [1.29, 1.82) is 0 Å². The number of ether oxygens (including phenoxy) is 1. The fourth-order valence-electron chi connectivity index (χ4n) is 3.51. The fourth-order valence-corrected chi connectivity index (χ4v) is 3.51. The molecule has 2 heterocycles. The van der Waals surface area contributed by atoms with E-state index in [2.05, 4.69) is 4.98 Å². The molecule has 1 amide bonds. The molecule has 0 saturated carbocycles. The molecule has 1 fully saturated rings. The molecule has 1 aromatic heterocycles. The Kier molecular flexibility index (Phi) is 5.78. The Hall–Kier alpha value is -3.15. The first-order valence-electron chi connectivity index (χ1n) is 9.33. The zero-order valence-electron chi connectivity index (χ0n) is 16.3. The number of unbranched alkanes of at least 4 members (excludes halogenated alkanes) is 1. The van der Waals surface area contributed by atoms with Gasteiger partial charge in [-0.1, -0.05) is 13.3 Å². The number of amides is 1. The van der Waals surface area contributed by atoms with Crippen molar-refractivity contribution in [2.75, 3.05) is 13.7 Å². The molecule has 3 rings (SSSR count). The van der Waals surface area contributed by atoms with Gasteiger partial charge < -0.3 is 14.7 Å². The predicted molar refractivity (Wildman–Crippen MR) is 106 cm³/mol. The van der Waals surface area contributed by atoms with Gasteiger partial charge in [0.25, 0.3) is 11.7 Å². The monoisotopic (exact) mass is 380 g/mol. The van der Waals surface area contributed by atoms with Gasteiger partial charge >= 0.3 is 0 Å². The maximum absolute atomic E-state index is 12.8. The van der Waals surface area contributed by atoms with E-state index in [0.717, 1.165) is 24.0 Å². The molecule has 146 valence electrons. The van der Waals surface area contributed by atoms with Gasteiger partial charge in [0.15, 0.2) is 0 Å². The minimum absolute atomic E-state index is 0.108. The van der Waals surface area contributed by atoms with Crippen molar-refractivity contribution in [2.24, 2.45) is 0 Å². The lowest BCUT2D eigenvalue weighted by atomic mass is 9.95. The maximum Gasteiger partial charge on any atom is 0.295 e. The van der Waals surface area contributed by atoms with E-state index in [4.69, 9.17) is 4.74 Å². The molecule has 0 aliphatic carbocycles. The number of methoxy groups -OCH3 is 1. The van der Waals surface area contributed by atoms with Crippen LogP contribution in [0.2, 0.25) is 0 Å². The summed E-state index contributed by atoms with van der Waals surface area (Å²) in [6, 6.07) is 8.07. The van der Waals surface area contributed by atoms with E-state index in [0.29, 0.717) is 17.9 Å². The number of hydrogen-bond donors (Lipinski definition) is 1. The largest absolute Gasteiger partial charge is 0.507 e. The van der Waals surface area contributed by atoms with E-state index in [1.54, 1.807) is 54.7 Å². The van der Waals surface area contributed by atoms with E-state index in [1.807, 2.05) is 13.8 Å². The van der Waals surface area contributed by atoms with Gasteiger partial charge in [-0.3, -0.25) is 14.6 Å². The third kappa shape index (κ3) is 3.50. The molecule has 0 bridgehead atoms. The van der Waals surface area contributed by atoms with Gasteiger partial charge in [-0.15, -0.1) is 0 Å². The van der Waals surface area contributed by atoms with Crippen LogP contribution in [0.4, 0.5) is 0 Å². The number of benzene rings is 1. The SMILES string of the molecule is CCCCN1C(=O)C(=O)/C(=C(\O)c2ccc(OC)c(C)c2)C1c1ccncc1. The highest BCUT2D eigenvalue weighted by Crippen LogP contribution is 2.39. The number of likely N-dealkylation sites (tertiary alicyclic amines) is 1. The van der Waals surface area contributed by atoms with E-state index in [1.165, 1.54) is 0 Å². The summed E-state index contributed by atoms with van der Waals surface area (Å²) in [5, 5.41) is 11.0. The van der Waals surface area contributed by atoms with E-state index < -0.39 is 17.7 Å². The van der Waals surface area contributed by atoms with E-state index in [-0.39, 0.29) is 11.3 Å². The second kappa shape index (κ2) is 8.25. The maximum atomic E-state index is 12.8. The third-order valence-corrected chi connectivity index (χ3v) is 4.98. The Morgan fingerprint density at radius 1 is 1.21 bits per heavy atom. The van der Waals surface area contributed by atoms with Gasteiger partial charge in [-0.05, 0) is 54.8 Å². The van der Waals surface area contributed by atoms with Gasteiger partial charge in [0.2, 0.25) is 0 Å². The Morgan fingerprint density at radius 2 is 1.93 bits per heavy atom. The van der Waals surface area contributed by atoms with Crippen molar-refractivity contribution < 1.29 is 19.4 Å². The smallest absolute Gasteiger partial charge is 0.295 e. The Labute approximate surface area is 164 Å². The number of rotatable bonds is 6. The molecular weight excluding hydrogens is 356 g/mol. The summed E-state index contributed by atoms with van der Waals surface area (Å²) >= 11 is 0. The topological polar surface area (TPSA) is 79.7 Å². The molecule has 1 unspecified atom stereocenters. The summed E-state index contributed by atoms with van der Waals surface area (Å²) in [4.78, 5) is 31.1. The zero-order chi connectivity index (χ0) is 20.3. The van der Waals surface area contributed by atoms with Crippen molar-refractivity contribution in [3.05, 3.63) is 65.0 Å². The van der Waals surface area contributed by atoms with Crippen molar-refractivity contribution in [3.63, 3.8) is 0 Å². The van der Waals surface area contributed by atoms with Crippen molar-refractivity contribution in [1.82, 2.24) is 9.88 Å². The highest BCUT2D eigenvalue weighted by Gasteiger charge is 2.45. The summed E-state index contributed by atoms with van der Waals surface area (Å²) in [6.45, 7) is 4.33. The van der Waals surface area contributed by atoms with Crippen LogP contribution >= 0.6 is 0 Å². The van der Waals surface area contributed by atoms with Gasteiger partial charge in [0.05, 0.1) is 18.7 Å². The lowest BCUT2D eigenvalue weighted by molar-refractivity contribution is -0.139. The first kappa shape index (κ1) is 19.6. The lowest BCUT2D eigenvalue weighted by Crippen LogP contribution is -2.30. The summed E-state index contributed by atoms with van der Waals surface area (Å²) in [7, 11) is 1.57. The number of hydrogen-bond acceptors (Lipinski definition) is 5. The summed E-state index contributed by atoms with van der Waals surface area (Å²) in [5.41, 5.74) is 2.16. The van der Waals surface area contributed by atoms with Gasteiger partial charge in [0.1, 0.15) is 11.5 Å². The number of aliphatic hydroxyl groups excluding tert-OH is 1. The van der Waals surface area contributed by atoms with Gasteiger partial charge in [-0.2, -0.15) is 0 Å². The molecule has 1 aliphatic heterocycles. The number of aromatic nitrogens is 1. The highest BCUT2D eigenvalue weighted by molar-refractivity contribution is 6.46. The zero-order valence-corrected chi connectivity index (χ0v) is 16.3. The molecule has 1 saturated heterocycles. The Bertz CT molecular complexity index is 921. The van der Waals surface area contributed by atoms with Crippen LogP contribution in [-0.4, -0.2) is 40.3 Å². The van der Waals surface area contributed by atoms with Crippen LogP contribution in [0.3, 0.4) is 0 Å². The van der Waals surface area contributed by atoms with Crippen LogP contribution < -0.4 is 4.74 Å². The molecule has 28 heavy (non-hydrogen) atoms. The first-order valence-corrected chi connectivity index (χ1v) is 9.33. The highest BCUT2D eigenvalue weighted by atomic mass is 16.5. The summed E-state index contributed by atoms with van der Waals surface area (Å²) in [6.07, 6.45) is 4.90. The van der Waals surface area contributed by atoms with E-state index in [9.17, 15) is 14.7 Å². The number of ketones is 1. The van der Waals surface area contributed by atoms with Crippen molar-refractivity contribution in [3.8, 4) is 5.75 Å². The summed E-state index contributed by atoms with van der Waals surface area (Å²) < 4.78 is 5.26. The molecule has 1 atom stereocenters. The lowest BCUT2D eigenvalue weighted by Gasteiger charge is -2.25. The number of carbonyl (C=O) groups excluding carboxylic acids is 2. The minimum atomic E-state index is -0.663. The number of carbonyl (C=O) groups is 2. The molecule has 1 aromatic carbocycles. The number of aryl methyl sites for hydroxylation is 1. The minimum Gasteiger partial charge on any atom is -0.507 e. The molecule has 1 N–H and O–H groups in total. The molecular formula is C22H24N2O4. The molecule has 6 nitrogen and oxygen atoms in total. The molecule has 2 aromatic rings. The Balaban J connectivity index is 2.15. The van der Waals surface area contributed by atoms with Crippen LogP contribution in [0, 0.1) is 6.92 Å². The normalized spacial score (nSPS) is 18.5. The molecule has 1 aliphatic rings. The predicted octanol–water partition coefficient (Wildman–Crippen LogP) is 3.62. The standard InChI is InChI=1S/C22H24N2O4/c1-4-5-12-24-19(15-8-10-23-11-9-15)18(21(26)22(24)27)20(25)16-6-7-17(28-3)14(2)13-16/h6-11,13,19,25H,4-5,12H2,1-3H3/b20-18-. The quantitative estimate of drug-likeness (QED) is 0.470. The number of nitrogens with zero attached hydrogens (tertiary/aromatic N) is 2. The Morgan fingerprint density at radius 3 is 2.54 bits per heavy atom. The average Bonchev–Trinajstić information content (AvgIpc) is 2.97.